The molecule has 1 amide bonds. The summed E-state index contributed by atoms with van der Waals surface area (Å²) in [5.74, 6) is -0.334. The van der Waals surface area contributed by atoms with E-state index in [1.54, 1.807) is 12.1 Å². The van der Waals surface area contributed by atoms with Crippen molar-refractivity contribution in [2.45, 2.75) is 17.7 Å². The first kappa shape index (κ1) is 14.8. The maximum atomic E-state index is 12.6. The first-order valence-corrected chi connectivity index (χ1v) is 7.93. The highest BCUT2D eigenvalue weighted by Gasteiger charge is 2.27. The number of hydrogen-bond acceptors (Lipinski definition) is 4. The molecule has 110 valence electrons. The van der Waals surface area contributed by atoms with Gasteiger partial charge in [0.25, 0.3) is 0 Å². The van der Waals surface area contributed by atoms with Crippen LogP contribution in [0.2, 0.25) is 0 Å². The van der Waals surface area contributed by atoms with E-state index in [1.165, 1.54) is 14.1 Å². The van der Waals surface area contributed by atoms with Crippen molar-refractivity contribution in [3.05, 3.63) is 23.8 Å². The van der Waals surface area contributed by atoms with Gasteiger partial charge in [0.05, 0.1) is 11.4 Å². The quantitative estimate of drug-likeness (QED) is 0.844. The van der Waals surface area contributed by atoms with Gasteiger partial charge < -0.3 is 10.6 Å². The van der Waals surface area contributed by atoms with Crippen molar-refractivity contribution < 1.29 is 13.2 Å². The average Bonchev–Trinajstić information content (AvgIpc) is 2.46. The lowest BCUT2D eigenvalue weighted by Gasteiger charge is -2.23. The summed E-state index contributed by atoms with van der Waals surface area (Å²) < 4.78 is 26.2. The fraction of sp³-hybridized carbons (Fsp3) is 0.462. The predicted molar refractivity (Wildman–Crippen MR) is 77.1 cm³/mol. The summed E-state index contributed by atoms with van der Waals surface area (Å²) >= 11 is 0. The largest absolute Gasteiger partial charge is 0.385 e. The topological polar surface area (TPSA) is 78.5 Å². The molecule has 1 aliphatic heterocycles. The number of nitrogens with zero attached hydrogens (tertiary/aromatic N) is 1. The molecule has 0 aliphatic carbocycles. The third-order valence-corrected chi connectivity index (χ3v) is 5.27. The number of anilines is 1. The second-order valence-corrected chi connectivity index (χ2v) is 6.76. The van der Waals surface area contributed by atoms with Gasteiger partial charge in [-0.05, 0) is 30.5 Å². The van der Waals surface area contributed by atoms with E-state index in [0.717, 1.165) is 34.9 Å². The minimum atomic E-state index is -3.65. The lowest BCUT2D eigenvalue weighted by Crippen LogP contribution is -2.37. The van der Waals surface area contributed by atoms with Crippen LogP contribution in [0.15, 0.2) is 23.1 Å². The second-order valence-electron chi connectivity index (χ2n) is 4.75. The number of nitrogens with one attached hydrogen (secondary N) is 2. The van der Waals surface area contributed by atoms with Crippen LogP contribution >= 0.6 is 0 Å². The SMILES string of the molecule is CNC(=O)CN(C)S(=O)(=O)c1cccc2c1CCCN2. The van der Waals surface area contributed by atoms with Crippen LogP contribution in [0.3, 0.4) is 0 Å². The molecular weight excluding hydrogens is 278 g/mol. The molecule has 0 radical (unpaired) electrons. The van der Waals surface area contributed by atoms with Crippen molar-refractivity contribution in [1.29, 1.82) is 0 Å². The van der Waals surface area contributed by atoms with Crippen molar-refractivity contribution in [3.8, 4) is 0 Å². The Morgan fingerprint density at radius 3 is 2.90 bits per heavy atom. The van der Waals surface area contributed by atoms with Crippen molar-refractivity contribution in [1.82, 2.24) is 9.62 Å². The summed E-state index contributed by atoms with van der Waals surface area (Å²) in [4.78, 5) is 11.6. The monoisotopic (exact) mass is 297 g/mol. The number of carbonyl (C=O) groups excluding carboxylic acids is 1. The third kappa shape index (κ3) is 2.78. The highest BCUT2D eigenvalue weighted by atomic mass is 32.2. The summed E-state index contributed by atoms with van der Waals surface area (Å²) in [5.41, 5.74) is 1.67. The van der Waals surface area contributed by atoms with Crippen molar-refractivity contribution in [2.75, 3.05) is 32.5 Å². The molecule has 1 heterocycles. The molecule has 20 heavy (non-hydrogen) atoms. The number of rotatable bonds is 4. The van der Waals surface area contributed by atoms with Gasteiger partial charge in [-0.3, -0.25) is 4.79 Å². The fourth-order valence-corrected chi connectivity index (χ4v) is 3.65. The first-order valence-electron chi connectivity index (χ1n) is 6.49. The zero-order valence-corrected chi connectivity index (χ0v) is 12.5. The minimum absolute atomic E-state index is 0.185. The lowest BCUT2D eigenvalue weighted by atomic mass is 10.0. The van der Waals surface area contributed by atoms with E-state index in [2.05, 4.69) is 10.6 Å². The Labute approximate surface area is 119 Å². The van der Waals surface area contributed by atoms with E-state index in [4.69, 9.17) is 0 Å². The maximum Gasteiger partial charge on any atom is 0.243 e. The number of sulfonamides is 1. The van der Waals surface area contributed by atoms with Gasteiger partial charge in [-0.2, -0.15) is 4.31 Å². The van der Waals surface area contributed by atoms with Crippen LogP contribution in [-0.2, 0) is 21.2 Å². The summed E-state index contributed by atoms with van der Waals surface area (Å²) in [6.07, 6.45) is 1.63. The molecule has 0 fully saturated rings. The van der Waals surface area contributed by atoms with Gasteiger partial charge in [-0.25, -0.2) is 8.42 Å². The number of hydrogen-bond donors (Lipinski definition) is 2. The highest BCUT2D eigenvalue weighted by Crippen LogP contribution is 2.29. The molecule has 0 bridgehead atoms. The highest BCUT2D eigenvalue weighted by molar-refractivity contribution is 7.89. The molecule has 0 atom stereocenters. The molecule has 1 aromatic carbocycles. The van der Waals surface area contributed by atoms with Crippen LogP contribution in [0.5, 0.6) is 0 Å². The first-order chi connectivity index (χ1) is 9.46. The number of fused-ring (bicyclic) bond motifs is 1. The molecule has 0 unspecified atom stereocenters. The number of amides is 1. The number of benzene rings is 1. The molecule has 1 aliphatic rings. The van der Waals surface area contributed by atoms with Gasteiger partial charge in [-0.15, -0.1) is 0 Å². The van der Waals surface area contributed by atoms with Crippen LogP contribution < -0.4 is 10.6 Å². The van der Waals surface area contributed by atoms with Crippen LogP contribution in [-0.4, -0.2) is 45.8 Å². The summed E-state index contributed by atoms with van der Waals surface area (Å²) in [7, 11) is -0.753. The molecule has 6 nitrogen and oxygen atoms in total. The zero-order chi connectivity index (χ0) is 14.8. The molecule has 2 N–H and O–H groups in total. The number of carbonyl (C=O) groups is 1. The van der Waals surface area contributed by atoms with Gasteiger partial charge in [0.1, 0.15) is 0 Å². The van der Waals surface area contributed by atoms with Gasteiger partial charge in [-0.1, -0.05) is 6.07 Å². The normalized spacial score (nSPS) is 14.6. The van der Waals surface area contributed by atoms with Gasteiger partial charge in [0, 0.05) is 26.3 Å². The summed E-state index contributed by atoms with van der Waals surface area (Å²) in [5, 5.41) is 5.63. The van der Waals surface area contributed by atoms with Crippen molar-refractivity contribution >= 4 is 21.6 Å². The van der Waals surface area contributed by atoms with E-state index in [-0.39, 0.29) is 17.3 Å². The minimum Gasteiger partial charge on any atom is -0.385 e. The third-order valence-electron chi connectivity index (χ3n) is 3.39. The van der Waals surface area contributed by atoms with E-state index in [9.17, 15) is 13.2 Å². The molecule has 2 rings (SSSR count). The Hall–Kier alpha value is -1.60. The van der Waals surface area contributed by atoms with Crippen LogP contribution in [0, 0.1) is 0 Å². The average molecular weight is 297 g/mol. The van der Waals surface area contributed by atoms with Crippen LogP contribution in [0.4, 0.5) is 5.69 Å². The molecule has 1 aromatic rings. The predicted octanol–water partition coefficient (Wildman–Crippen LogP) is 0.411. The molecule has 0 saturated heterocycles. The van der Waals surface area contributed by atoms with Crippen molar-refractivity contribution in [3.63, 3.8) is 0 Å². The van der Waals surface area contributed by atoms with Crippen LogP contribution in [0.25, 0.3) is 0 Å². The van der Waals surface area contributed by atoms with Gasteiger partial charge in [0.15, 0.2) is 0 Å². The molecular formula is C13H19N3O3S. The van der Waals surface area contributed by atoms with E-state index in [1.807, 2.05) is 6.07 Å². The van der Waals surface area contributed by atoms with E-state index in [0.29, 0.717) is 0 Å². The van der Waals surface area contributed by atoms with Crippen LogP contribution in [0.1, 0.15) is 12.0 Å². The van der Waals surface area contributed by atoms with E-state index >= 15 is 0 Å². The Kier molecular flexibility index (Phi) is 4.29. The lowest BCUT2D eigenvalue weighted by molar-refractivity contribution is -0.120. The summed E-state index contributed by atoms with van der Waals surface area (Å²) in [6.45, 7) is 0.667. The Morgan fingerprint density at radius 2 is 2.20 bits per heavy atom. The van der Waals surface area contributed by atoms with Gasteiger partial charge >= 0.3 is 0 Å². The van der Waals surface area contributed by atoms with E-state index < -0.39 is 10.0 Å². The molecule has 0 saturated carbocycles. The fourth-order valence-electron chi connectivity index (χ4n) is 2.25. The number of likely N-dealkylation sites (N-methyl/N-ethyl adjacent to an activating group) is 2. The maximum absolute atomic E-state index is 12.6. The second kappa shape index (κ2) is 5.80. The summed E-state index contributed by atoms with van der Waals surface area (Å²) in [6, 6.07) is 5.20. The van der Waals surface area contributed by atoms with Gasteiger partial charge in [0.2, 0.25) is 15.9 Å². The Bertz CT molecular complexity index is 613. The smallest absolute Gasteiger partial charge is 0.243 e. The standard InChI is InChI=1S/C13H19N3O3S/c1-14-13(17)9-16(2)20(18,19)12-7-3-6-11-10(12)5-4-8-15-11/h3,6-7,15H,4-5,8-9H2,1-2H3,(H,14,17). The zero-order valence-electron chi connectivity index (χ0n) is 11.6. The Morgan fingerprint density at radius 1 is 1.45 bits per heavy atom. The van der Waals surface area contributed by atoms with Crippen molar-refractivity contribution in [2.24, 2.45) is 0 Å². The molecule has 0 spiro atoms. The molecule has 0 aromatic heterocycles. The molecule has 7 heteroatoms. The Balaban J connectivity index is 2.37.